The Bertz CT molecular complexity index is 683. The number of thiazole rings is 1. The average Bonchev–Trinajstić information content (AvgIpc) is 2.88. The maximum atomic E-state index is 12.1. The summed E-state index contributed by atoms with van der Waals surface area (Å²) in [4.78, 5) is 28.2. The minimum absolute atomic E-state index is 0.152. The van der Waals surface area contributed by atoms with Gasteiger partial charge in [-0.3, -0.25) is 9.59 Å². The zero-order chi connectivity index (χ0) is 16.1. The molecule has 7 heteroatoms. The number of carbonyl (C=O) groups excluding carboxylic acids is 2. The van der Waals surface area contributed by atoms with Crippen molar-refractivity contribution in [3.8, 4) is 10.6 Å². The van der Waals surface area contributed by atoms with Gasteiger partial charge in [-0.2, -0.15) is 0 Å². The predicted molar refractivity (Wildman–Crippen MR) is 86.3 cm³/mol. The van der Waals surface area contributed by atoms with Crippen molar-refractivity contribution >= 4 is 34.8 Å². The molecule has 0 fully saturated rings. The fourth-order valence-electron chi connectivity index (χ4n) is 1.77. The van der Waals surface area contributed by atoms with Gasteiger partial charge in [0.2, 0.25) is 0 Å². The lowest BCUT2D eigenvalue weighted by Gasteiger charge is -2.03. The third-order valence-electron chi connectivity index (χ3n) is 2.79. The Kier molecular flexibility index (Phi) is 5.51. The van der Waals surface area contributed by atoms with E-state index in [1.807, 2.05) is 12.1 Å². The number of hydrogen-bond donors (Lipinski definition) is 1. The Labute approximate surface area is 137 Å². The molecule has 1 heterocycles. The van der Waals surface area contributed by atoms with Crippen LogP contribution in [0, 0.1) is 6.92 Å². The zero-order valence-corrected chi connectivity index (χ0v) is 13.8. The van der Waals surface area contributed by atoms with Gasteiger partial charge >= 0.3 is 5.97 Å². The number of rotatable bonds is 5. The summed E-state index contributed by atoms with van der Waals surface area (Å²) in [6.07, 6.45) is 0. The van der Waals surface area contributed by atoms with Crippen LogP contribution in [0.15, 0.2) is 24.3 Å². The summed E-state index contributed by atoms with van der Waals surface area (Å²) in [5, 5.41) is 3.91. The van der Waals surface area contributed by atoms with Crippen LogP contribution in [0.4, 0.5) is 0 Å². The number of amides is 1. The summed E-state index contributed by atoms with van der Waals surface area (Å²) in [6.45, 7) is 3.61. The highest BCUT2D eigenvalue weighted by Gasteiger charge is 2.17. The van der Waals surface area contributed by atoms with Gasteiger partial charge in [-0.25, -0.2) is 4.98 Å². The summed E-state index contributed by atoms with van der Waals surface area (Å²) >= 11 is 7.13. The van der Waals surface area contributed by atoms with Crippen LogP contribution in [0.2, 0.25) is 5.02 Å². The molecule has 0 atom stereocenters. The van der Waals surface area contributed by atoms with Gasteiger partial charge in [-0.15, -0.1) is 11.3 Å². The molecule has 5 nitrogen and oxygen atoms in total. The Morgan fingerprint density at radius 2 is 2.00 bits per heavy atom. The van der Waals surface area contributed by atoms with Gasteiger partial charge in [-0.1, -0.05) is 23.7 Å². The van der Waals surface area contributed by atoms with E-state index in [1.165, 1.54) is 11.3 Å². The van der Waals surface area contributed by atoms with Crippen LogP contribution in [-0.4, -0.2) is 30.0 Å². The van der Waals surface area contributed by atoms with E-state index in [4.69, 9.17) is 16.3 Å². The van der Waals surface area contributed by atoms with E-state index in [1.54, 1.807) is 26.0 Å². The van der Waals surface area contributed by atoms with Gasteiger partial charge in [0.25, 0.3) is 5.91 Å². The van der Waals surface area contributed by atoms with Gasteiger partial charge in [0.15, 0.2) is 0 Å². The molecule has 0 bridgehead atoms. The maximum Gasteiger partial charge on any atom is 0.325 e. The molecule has 0 saturated heterocycles. The molecule has 2 rings (SSSR count). The molecule has 1 aromatic heterocycles. The van der Waals surface area contributed by atoms with Gasteiger partial charge in [0, 0.05) is 10.6 Å². The first-order chi connectivity index (χ1) is 10.5. The van der Waals surface area contributed by atoms with Crippen LogP contribution in [0.1, 0.15) is 22.3 Å². The Morgan fingerprint density at radius 1 is 1.32 bits per heavy atom. The van der Waals surface area contributed by atoms with E-state index in [-0.39, 0.29) is 19.1 Å². The summed E-state index contributed by atoms with van der Waals surface area (Å²) in [7, 11) is 0. The van der Waals surface area contributed by atoms with E-state index in [2.05, 4.69) is 10.3 Å². The number of nitrogens with one attached hydrogen (secondary N) is 1. The molecule has 0 unspecified atom stereocenters. The number of aryl methyl sites for hydroxylation is 1. The van der Waals surface area contributed by atoms with E-state index < -0.39 is 5.97 Å². The number of carbonyl (C=O) groups is 2. The quantitative estimate of drug-likeness (QED) is 0.851. The Morgan fingerprint density at radius 3 is 2.64 bits per heavy atom. The highest BCUT2D eigenvalue weighted by molar-refractivity contribution is 7.17. The molecule has 0 spiro atoms. The van der Waals surface area contributed by atoms with Crippen LogP contribution in [0.3, 0.4) is 0 Å². The maximum absolute atomic E-state index is 12.1. The second kappa shape index (κ2) is 7.38. The number of ether oxygens (including phenoxy) is 1. The van der Waals surface area contributed by atoms with Crippen molar-refractivity contribution in [2.45, 2.75) is 13.8 Å². The normalized spacial score (nSPS) is 10.3. The molecule has 2 aromatic rings. The molecule has 0 saturated carbocycles. The van der Waals surface area contributed by atoms with Crippen molar-refractivity contribution in [1.29, 1.82) is 0 Å². The number of esters is 1. The van der Waals surface area contributed by atoms with Crippen molar-refractivity contribution < 1.29 is 14.3 Å². The van der Waals surface area contributed by atoms with E-state index in [0.717, 1.165) is 10.6 Å². The fourth-order valence-corrected chi connectivity index (χ4v) is 2.88. The summed E-state index contributed by atoms with van der Waals surface area (Å²) in [5.74, 6) is -0.792. The molecule has 0 aliphatic rings. The van der Waals surface area contributed by atoms with E-state index >= 15 is 0 Å². The zero-order valence-electron chi connectivity index (χ0n) is 12.2. The summed E-state index contributed by atoms with van der Waals surface area (Å²) in [5.41, 5.74) is 1.51. The Balaban J connectivity index is 2.10. The molecule has 0 aliphatic heterocycles. The molecular weight excluding hydrogens is 324 g/mol. The first-order valence-electron chi connectivity index (χ1n) is 6.68. The molecular formula is C15H15ClN2O3S. The fraction of sp³-hybridized carbons (Fsp3) is 0.267. The van der Waals surface area contributed by atoms with Crippen LogP contribution >= 0.6 is 22.9 Å². The van der Waals surface area contributed by atoms with Crippen molar-refractivity contribution in [1.82, 2.24) is 10.3 Å². The molecule has 22 heavy (non-hydrogen) atoms. The minimum atomic E-state index is -0.462. The van der Waals surface area contributed by atoms with Crippen LogP contribution in [0.25, 0.3) is 10.6 Å². The van der Waals surface area contributed by atoms with Crippen molar-refractivity contribution in [3.63, 3.8) is 0 Å². The largest absolute Gasteiger partial charge is 0.465 e. The molecule has 0 aliphatic carbocycles. The smallest absolute Gasteiger partial charge is 0.325 e. The van der Waals surface area contributed by atoms with Crippen LogP contribution in [0.5, 0.6) is 0 Å². The highest BCUT2D eigenvalue weighted by Crippen LogP contribution is 2.28. The van der Waals surface area contributed by atoms with Crippen molar-refractivity contribution in [2.24, 2.45) is 0 Å². The molecule has 116 valence electrons. The lowest BCUT2D eigenvalue weighted by molar-refractivity contribution is -0.141. The van der Waals surface area contributed by atoms with Crippen molar-refractivity contribution in [3.05, 3.63) is 39.9 Å². The van der Waals surface area contributed by atoms with Gasteiger partial charge in [0.05, 0.1) is 12.3 Å². The number of aromatic nitrogens is 1. The molecule has 0 radical (unpaired) electrons. The average molecular weight is 339 g/mol. The number of nitrogens with zero attached hydrogens (tertiary/aromatic N) is 1. The van der Waals surface area contributed by atoms with E-state index in [9.17, 15) is 9.59 Å². The first kappa shape index (κ1) is 16.5. The van der Waals surface area contributed by atoms with Crippen molar-refractivity contribution in [2.75, 3.05) is 13.2 Å². The number of benzene rings is 1. The van der Waals surface area contributed by atoms with Crippen LogP contribution < -0.4 is 5.32 Å². The molecule has 1 amide bonds. The summed E-state index contributed by atoms with van der Waals surface area (Å²) in [6, 6.07) is 7.24. The standard InChI is InChI=1S/C15H15ClN2O3S/c1-3-21-12(19)8-17-14(20)13-9(2)18-15(22-13)10-4-6-11(16)7-5-10/h4-7H,3,8H2,1-2H3,(H,17,20). The highest BCUT2D eigenvalue weighted by atomic mass is 35.5. The monoisotopic (exact) mass is 338 g/mol. The van der Waals surface area contributed by atoms with Gasteiger partial charge < -0.3 is 10.1 Å². The van der Waals surface area contributed by atoms with Gasteiger partial charge in [-0.05, 0) is 26.0 Å². The molecule has 1 N–H and O–H groups in total. The van der Waals surface area contributed by atoms with E-state index in [0.29, 0.717) is 15.6 Å². The Hall–Kier alpha value is -1.92. The number of halogens is 1. The third kappa shape index (κ3) is 4.05. The van der Waals surface area contributed by atoms with Gasteiger partial charge in [0.1, 0.15) is 16.4 Å². The second-order valence-corrected chi connectivity index (χ2v) is 5.86. The van der Waals surface area contributed by atoms with Crippen LogP contribution in [-0.2, 0) is 9.53 Å². The molecule has 1 aromatic carbocycles. The SMILES string of the molecule is CCOC(=O)CNC(=O)c1sc(-c2ccc(Cl)cc2)nc1C. The minimum Gasteiger partial charge on any atom is -0.465 e. The summed E-state index contributed by atoms with van der Waals surface area (Å²) < 4.78 is 4.77. The topological polar surface area (TPSA) is 68.3 Å². The second-order valence-electron chi connectivity index (χ2n) is 4.43. The lowest BCUT2D eigenvalue weighted by Crippen LogP contribution is -2.30. The first-order valence-corrected chi connectivity index (χ1v) is 7.88. The lowest BCUT2D eigenvalue weighted by atomic mass is 10.2. The third-order valence-corrected chi connectivity index (χ3v) is 4.25. The number of hydrogen-bond acceptors (Lipinski definition) is 5. The predicted octanol–water partition coefficient (Wildman–Crippen LogP) is 3.06.